The quantitative estimate of drug-likeness (QED) is 0.657. The van der Waals surface area contributed by atoms with E-state index in [1.165, 1.54) is 36.4 Å². The molecule has 0 bridgehead atoms. The highest BCUT2D eigenvalue weighted by atomic mass is 19.1. The van der Waals surface area contributed by atoms with Gasteiger partial charge in [-0.1, -0.05) is 0 Å². The molecule has 0 fully saturated rings. The molecule has 0 aliphatic carbocycles. The Morgan fingerprint density at radius 3 is 2.63 bits per heavy atom. The Labute approximate surface area is 107 Å². The summed E-state index contributed by atoms with van der Waals surface area (Å²) in [5, 5.41) is 9.43. The Morgan fingerprint density at radius 2 is 2.00 bits per heavy atom. The summed E-state index contributed by atoms with van der Waals surface area (Å²) < 4.78 is 23.2. The molecular formula is C12H11FN2O4. The minimum absolute atomic E-state index is 0.152. The zero-order valence-corrected chi connectivity index (χ0v) is 9.75. The largest absolute Gasteiger partial charge is 0.428 e. The SMILES string of the molecule is NC(=O)N(O)Cc1ccc(Oc2ccc(F)cc2)o1. The number of primary amides is 1. The second-order valence-electron chi connectivity index (χ2n) is 3.67. The number of rotatable bonds is 4. The molecule has 0 atom stereocenters. The van der Waals surface area contributed by atoms with Crippen LogP contribution >= 0.6 is 0 Å². The number of urea groups is 1. The predicted molar refractivity (Wildman–Crippen MR) is 62.1 cm³/mol. The van der Waals surface area contributed by atoms with E-state index in [2.05, 4.69) is 0 Å². The lowest BCUT2D eigenvalue weighted by molar-refractivity contribution is -0.0516. The standard InChI is InChI=1S/C12H11FN2O4/c13-8-1-3-9(4-2-8)18-11-6-5-10(19-11)7-15(17)12(14)16/h1-6,17H,7H2,(H2,14,16). The molecule has 2 aromatic rings. The molecule has 0 unspecified atom stereocenters. The lowest BCUT2D eigenvalue weighted by Crippen LogP contribution is -2.31. The molecule has 2 amide bonds. The van der Waals surface area contributed by atoms with Crippen LogP contribution in [0.5, 0.6) is 11.7 Å². The van der Waals surface area contributed by atoms with Gasteiger partial charge in [-0.05, 0) is 30.3 Å². The van der Waals surface area contributed by atoms with Crippen LogP contribution in [0.1, 0.15) is 5.76 Å². The molecule has 0 aliphatic heterocycles. The number of ether oxygens (including phenoxy) is 1. The average Bonchev–Trinajstić information content (AvgIpc) is 2.79. The summed E-state index contributed by atoms with van der Waals surface area (Å²) in [7, 11) is 0. The molecule has 1 aromatic carbocycles. The molecule has 2 rings (SSSR count). The van der Waals surface area contributed by atoms with E-state index in [0.29, 0.717) is 16.6 Å². The van der Waals surface area contributed by atoms with Gasteiger partial charge in [0, 0.05) is 6.07 Å². The number of halogens is 1. The molecule has 0 saturated heterocycles. The number of furan rings is 1. The lowest BCUT2D eigenvalue weighted by Gasteiger charge is -2.09. The summed E-state index contributed by atoms with van der Waals surface area (Å²) >= 11 is 0. The van der Waals surface area contributed by atoms with Gasteiger partial charge in [0.05, 0.1) is 0 Å². The number of amides is 2. The summed E-state index contributed by atoms with van der Waals surface area (Å²) in [6.45, 7) is -0.192. The van der Waals surface area contributed by atoms with Gasteiger partial charge in [0.25, 0.3) is 5.95 Å². The van der Waals surface area contributed by atoms with Crippen molar-refractivity contribution < 1.29 is 23.5 Å². The molecule has 1 heterocycles. The van der Waals surface area contributed by atoms with Crippen molar-refractivity contribution in [3.05, 3.63) is 48.0 Å². The third-order valence-corrected chi connectivity index (χ3v) is 2.23. The van der Waals surface area contributed by atoms with Gasteiger partial charge in [-0.3, -0.25) is 5.21 Å². The van der Waals surface area contributed by atoms with E-state index in [-0.39, 0.29) is 18.3 Å². The summed E-state index contributed by atoms with van der Waals surface area (Å²) in [6, 6.07) is 7.43. The molecule has 0 radical (unpaired) electrons. The second kappa shape index (κ2) is 5.40. The number of benzene rings is 1. The first kappa shape index (κ1) is 12.9. The topological polar surface area (TPSA) is 88.9 Å². The van der Waals surface area contributed by atoms with Gasteiger partial charge in [-0.25, -0.2) is 9.18 Å². The van der Waals surface area contributed by atoms with Crippen LogP contribution in [0.3, 0.4) is 0 Å². The zero-order chi connectivity index (χ0) is 13.8. The smallest absolute Gasteiger partial charge is 0.338 e. The van der Waals surface area contributed by atoms with Crippen molar-refractivity contribution in [2.75, 3.05) is 0 Å². The molecule has 0 aliphatic rings. The maximum atomic E-state index is 12.7. The maximum absolute atomic E-state index is 12.7. The first-order valence-corrected chi connectivity index (χ1v) is 5.32. The molecule has 0 spiro atoms. The van der Waals surface area contributed by atoms with Crippen molar-refractivity contribution in [1.82, 2.24) is 5.06 Å². The van der Waals surface area contributed by atoms with E-state index in [9.17, 15) is 9.18 Å². The first-order chi connectivity index (χ1) is 9.04. The third-order valence-electron chi connectivity index (χ3n) is 2.23. The number of carbonyl (C=O) groups excluding carboxylic acids is 1. The van der Waals surface area contributed by atoms with Crippen LogP contribution in [0, 0.1) is 5.82 Å². The predicted octanol–water partition coefficient (Wildman–Crippen LogP) is 2.48. The van der Waals surface area contributed by atoms with Crippen LogP contribution in [0.2, 0.25) is 0 Å². The van der Waals surface area contributed by atoms with Crippen molar-refractivity contribution in [2.24, 2.45) is 5.73 Å². The number of carbonyl (C=O) groups is 1. The van der Waals surface area contributed by atoms with Crippen LogP contribution in [0.4, 0.5) is 9.18 Å². The molecule has 7 heteroatoms. The normalized spacial score (nSPS) is 10.2. The Morgan fingerprint density at radius 1 is 1.32 bits per heavy atom. The van der Waals surface area contributed by atoms with Crippen LogP contribution < -0.4 is 10.5 Å². The summed E-state index contributed by atoms with van der Waals surface area (Å²) in [4.78, 5) is 10.6. The molecule has 3 N–H and O–H groups in total. The molecule has 100 valence electrons. The highest BCUT2D eigenvalue weighted by Gasteiger charge is 2.11. The van der Waals surface area contributed by atoms with Gasteiger partial charge in [-0.2, -0.15) is 5.06 Å². The summed E-state index contributed by atoms with van der Waals surface area (Å²) in [5.41, 5.74) is 4.86. The van der Waals surface area contributed by atoms with Crippen LogP contribution in [0.25, 0.3) is 0 Å². The highest BCUT2D eigenvalue weighted by Crippen LogP contribution is 2.24. The monoisotopic (exact) mass is 266 g/mol. The van der Waals surface area contributed by atoms with Gasteiger partial charge < -0.3 is 14.9 Å². The van der Waals surface area contributed by atoms with Gasteiger partial charge in [-0.15, -0.1) is 0 Å². The van der Waals surface area contributed by atoms with E-state index in [1.54, 1.807) is 0 Å². The van der Waals surface area contributed by atoms with Gasteiger partial charge in [0.2, 0.25) is 0 Å². The van der Waals surface area contributed by atoms with Crippen molar-refractivity contribution in [2.45, 2.75) is 6.54 Å². The number of hydroxylamine groups is 2. The van der Waals surface area contributed by atoms with Crippen molar-refractivity contribution >= 4 is 6.03 Å². The zero-order valence-electron chi connectivity index (χ0n) is 9.75. The summed E-state index contributed by atoms with van der Waals surface area (Å²) in [5.74, 6) is 0.473. The second-order valence-corrected chi connectivity index (χ2v) is 3.67. The Bertz CT molecular complexity index is 567. The highest BCUT2D eigenvalue weighted by molar-refractivity contribution is 5.70. The molecule has 19 heavy (non-hydrogen) atoms. The van der Waals surface area contributed by atoms with Gasteiger partial charge in [0.1, 0.15) is 23.9 Å². The number of hydrogen-bond acceptors (Lipinski definition) is 4. The van der Waals surface area contributed by atoms with Crippen molar-refractivity contribution in [3.8, 4) is 11.7 Å². The van der Waals surface area contributed by atoms with E-state index in [4.69, 9.17) is 20.1 Å². The lowest BCUT2D eigenvalue weighted by atomic mass is 10.3. The Hall–Kier alpha value is -2.54. The van der Waals surface area contributed by atoms with E-state index in [0.717, 1.165) is 0 Å². The Kier molecular flexibility index (Phi) is 3.67. The minimum atomic E-state index is -0.989. The number of nitrogens with two attached hydrogens (primary N) is 1. The maximum Gasteiger partial charge on any atom is 0.338 e. The van der Waals surface area contributed by atoms with Crippen LogP contribution in [-0.4, -0.2) is 16.3 Å². The van der Waals surface area contributed by atoms with Crippen LogP contribution in [0.15, 0.2) is 40.8 Å². The fourth-order valence-electron chi connectivity index (χ4n) is 1.34. The van der Waals surface area contributed by atoms with Gasteiger partial charge >= 0.3 is 6.03 Å². The van der Waals surface area contributed by atoms with Gasteiger partial charge in [0.15, 0.2) is 0 Å². The van der Waals surface area contributed by atoms with E-state index < -0.39 is 6.03 Å². The number of nitrogens with zero attached hydrogens (tertiary/aromatic N) is 1. The molecule has 0 saturated carbocycles. The van der Waals surface area contributed by atoms with Crippen LogP contribution in [-0.2, 0) is 6.54 Å². The fraction of sp³-hybridized carbons (Fsp3) is 0.0833. The van der Waals surface area contributed by atoms with E-state index >= 15 is 0 Å². The number of hydrogen-bond donors (Lipinski definition) is 2. The minimum Gasteiger partial charge on any atom is -0.428 e. The molecule has 6 nitrogen and oxygen atoms in total. The Balaban J connectivity index is 2.01. The molecular weight excluding hydrogens is 255 g/mol. The average molecular weight is 266 g/mol. The van der Waals surface area contributed by atoms with Crippen molar-refractivity contribution in [3.63, 3.8) is 0 Å². The third kappa shape index (κ3) is 3.46. The van der Waals surface area contributed by atoms with Crippen molar-refractivity contribution in [1.29, 1.82) is 0 Å². The first-order valence-electron chi connectivity index (χ1n) is 5.32. The fourth-order valence-corrected chi connectivity index (χ4v) is 1.34. The van der Waals surface area contributed by atoms with E-state index in [1.807, 2.05) is 0 Å². The molecule has 1 aromatic heterocycles. The summed E-state index contributed by atoms with van der Waals surface area (Å²) in [6.07, 6.45) is 0.